The lowest BCUT2D eigenvalue weighted by molar-refractivity contribution is 0.250. The van der Waals surface area contributed by atoms with E-state index in [0.717, 1.165) is 6.67 Å². The van der Waals surface area contributed by atoms with E-state index in [-0.39, 0.29) is 5.54 Å². The van der Waals surface area contributed by atoms with Gasteiger partial charge in [0.2, 0.25) is 0 Å². The Hall–Kier alpha value is -1.86. The summed E-state index contributed by atoms with van der Waals surface area (Å²) in [5.74, 6) is 0. The second-order valence-corrected chi connectivity index (χ2v) is 3.30. The summed E-state index contributed by atoms with van der Waals surface area (Å²) in [4.78, 5) is 3.90. The molecule has 6 nitrogen and oxygen atoms in total. The molecular weight excluding hydrogens is 180 g/mol. The Balaban J connectivity index is 0. The summed E-state index contributed by atoms with van der Waals surface area (Å²) in [6, 6.07) is 0. The number of nitrogens with zero attached hydrogens (tertiary/aromatic N) is 4. The minimum absolute atomic E-state index is 0.201. The Kier molecular flexibility index (Phi) is 8.13. The highest BCUT2D eigenvalue weighted by atomic mass is 15.5. The molecule has 1 heterocycles. The topological polar surface area (TPSA) is 87.9 Å². The molecule has 0 amide bonds. The van der Waals surface area contributed by atoms with Crippen LogP contribution in [0.25, 0.3) is 10.4 Å². The van der Waals surface area contributed by atoms with Gasteiger partial charge >= 0.3 is 0 Å². The van der Waals surface area contributed by atoms with Gasteiger partial charge in [-0.3, -0.25) is 5.43 Å². The zero-order chi connectivity index (χ0) is 11.6. The maximum Gasteiger partial charge on any atom is 0.113 e. The minimum Gasteiger partial charge on any atom is -0.337 e. The molecule has 0 saturated carbocycles. The number of hydrogen-bond donors (Lipinski definition) is 2. The van der Waals surface area contributed by atoms with Crippen molar-refractivity contribution >= 4 is 6.34 Å². The average molecular weight is 196 g/mol. The molecule has 0 aromatic carbocycles. The normalized spacial score (nSPS) is 12.5. The van der Waals surface area contributed by atoms with E-state index in [2.05, 4.69) is 49.0 Å². The molecule has 0 fully saturated rings. The molecule has 6 heteroatoms. The molecule has 0 unspecified atom stereocenters. The molecule has 1 rings (SSSR count). The predicted octanol–water partition coefficient (Wildman–Crippen LogP) is 1.72. The summed E-state index contributed by atoms with van der Waals surface area (Å²) in [5, 5.41) is 3.88. The van der Waals surface area contributed by atoms with E-state index in [1.165, 1.54) is 0 Å². The number of terminal acetylenes is 1. The molecule has 0 spiro atoms. The van der Waals surface area contributed by atoms with Crippen molar-refractivity contribution < 1.29 is 0 Å². The van der Waals surface area contributed by atoms with Crippen LogP contribution in [-0.4, -0.2) is 23.4 Å². The quantitative estimate of drug-likeness (QED) is 0.267. The first kappa shape index (κ1) is 14.7. The summed E-state index contributed by atoms with van der Waals surface area (Å²) < 4.78 is 0. The SMILES string of the molecule is C#C.CC(C)(C)N1C=NNC1.[N-]=[N+]=N. The average Bonchev–Trinajstić information content (AvgIpc) is 2.60. The third-order valence-electron chi connectivity index (χ3n) is 1.39. The van der Waals surface area contributed by atoms with Gasteiger partial charge in [0.1, 0.15) is 13.0 Å². The summed E-state index contributed by atoms with van der Waals surface area (Å²) in [5.41, 5.74) is 15.3. The summed E-state index contributed by atoms with van der Waals surface area (Å²) >= 11 is 0. The molecule has 0 aromatic rings. The molecule has 0 atom stereocenters. The van der Waals surface area contributed by atoms with E-state index in [1.54, 1.807) is 4.91 Å². The fraction of sp³-hybridized carbons (Fsp3) is 0.625. The fourth-order valence-electron chi connectivity index (χ4n) is 0.679. The first-order valence-electron chi connectivity index (χ1n) is 3.89. The molecule has 14 heavy (non-hydrogen) atoms. The first-order chi connectivity index (χ1) is 6.52. The summed E-state index contributed by atoms with van der Waals surface area (Å²) in [7, 11) is 0. The molecular formula is C8H16N6. The lowest BCUT2D eigenvalue weighted by Gasteiger charge is -2.29. The van der Waals surface area contributed by atoms with Crippen LogP contribution in [0, 0.1) is 18.4 Å². The first-order valence-corrected chi connectivity index (χ1v) is 3.89. The highest BCUT2D eigenvalue weighted by Crippen LogP contribution is 2.10. The smallest absolute Gasteiger partial charge is 0.113 e. The van der Waals surface area contributed by atoms with Gasteiger partial charge in [-0.2, -0.15) is 5.10 Å². The van der Waals surface area contributed by atoms with Crippen LogP contribution in [0.15, 0.2) is 5.10 Å². The Morgan fingerprint density at radius 1 is 1.57 bits per heavy atom. The zero-order valence-corrected chi connectivity index (χ0v) is 8.73. The van der Waals surface area contributed by atoms with Gasteiger partial charge in [0.05, 0.1) is 0 Å². The van der Waals surface area contributed by atoms with Crippen molar-refractivity contribution in [3.8, 4) is 12.8 Å². The van der Waals surface area contributed by atoms with Gasteiger partial charge in [-0.1, -0.05) is 0 Å². The maximum absolute atomic E-state index is 6.86. The van der Waals surface area contributed by atoms with Crippen LogP contribution in [0.3, 0.4) is 0 Å². The van der Waals surface area contributed by atoms with Crippen LogP contribution >= 0.6 is 0 Å². The lowest BCUT2D eigenvalue weighted by Crippen LogP contribution is -2.40. The molecule has 0 bridgehead atoms. The van der Waals surface area contributed by atoms with Gasteiger partial charge in [-0.25, -0.2) is 0 Å². The Labute approximate surface area is 84.4 Å². The number of nitrogens with one attached hydrogen (secondary N) is 2. The van der Waals surface area contributed by atoms with E-state index in [9.17, 15) is 0 Å². The van der Waals surface area contributed by atoms with Crippen LogP contribution in [0.1, 0.15) is 20.8 Å². The van der Waals surface area contributed by atoms with E-state index < -0.39 is 0 Å². The predicted molar refractivity (Wildman–Crippen MR) is 57.4 cm³/mol. The van der Waals surface area contributed by atoms with Crippen molar-refractivity contribution in [3.05, 3.63) is 10.4 Å². The van der Waals surface area contributed by atoms with E-state index >= 15 is 0 Å². The van der Waals surface area contributed by atoms with E-state index in [0.29, 0.717) is 0 Å². The molecule has 0 aromatic heterocycles. The lowest BCUT2D eigenvalue weighted by atomic mass is 10.1. The van der Waals surface area contributed by atoms with Gasteiger partial charge in [0.25, 0.3) is 0 Å². The van der Waals surface area contributed by atoms with Crippen molar-refractivity contribution in [2.75, 3.05) is 6.67 Å². The molecule has 78 valence electrons. The van der Waals surface area contributed by atoms with Crippen LogP contribution in [0.5, 0.6) is 0 Å². The monoisotopic (exact) mass is 196 g/mol. The van der Waals surface area contributed by atoms with E-state index in [1.807, 2.05) is 6.34 Å². The number of rotatable bonds is 0. The van der Waals surface area contributed by atoms with Crippen LogP contribution in [0.2, 0.25) is 0 Å². The Bertz CT molecular complexity index is 218. The van der Waals surface area contributed by atoms with Gasteiger partial charge < -0.3 is 4.90 Å². The van der Waals surface area contributed by atoms with Crippen molar-refractivity contribution in [1.82, 2.24) is 10.3 Å². The fourth-order valence-corrected chi connectivity index (χ4v) is 0.679. The van der Waals surface area contributed by atoms with Crippen molar-refractivity contribution in [1.29, 1.82) is 5.53 Å². The third kappa shape index (κ3) is 6.83. The molecule has 0 aliphatic carbocycles. The third-order valence-corrected chi connectivity index (χ3v) is 1.39. The highest BCUT2D eigenvalue weighted by Gasteiger charge is 2.19. The van der Waals surface area contributed by atoms with Crippen LogP contribution in [0.4, 0.5) is 0 Å². The molecule has 1 aliphatic rings. The van der Waals surface area contributed by atoms with Gasteiger partial charge in [0.15, 0.2) is 0 Å². The van der Waals surface area contributed by atoms with Crippen molar-refractivity contribution in [3.63, 3.8) is 0 Å². The summed E-state index contributed by atoms with van der Waals surface area (Å²) in [6.07, 6.45) is 9.83. The van der Waals surface area contributed by atoms with E-state index in [4.69, 9.17) is 11.1 Å². The second-order valence-electron chi connectivity index (χ2n) is 3.30. The second kappa shape index (κ2) is 7.77. The van der Waals surface area contributed by atoms with Crippen LogP contribution < -0.4 is 5.43 Å². The molecule has 2 N–H and O–H groups in total. The summed E-state index contributed by atoms with van der Waals surface area (Å²) in [6.45, 7) is 7.31. The number of hydrazone groups is 1. The standard InChI is InChI=1S/C6H13N3.C2H2.HN3/c1-6(2,3)9-4-7-8-5-9;1-2;1-3-2/h4,8H,5H2,1-3H3;1-2H;1H. The molecule has 0 saturated heterocycles. The highest BCUT2D eigenvalue weighted by molar-refractivity contribution is 5.57. The van der Waals surface area contributed by atoms with Crippen LogP contribution in [-0.2, 0) is 0 Å². The minimum atomic E-state index is 0.201. The Morgan fingerprint density at radius 2 is 2.00 bits per heavy atom. The maximum atomic E-state index is 6.86. The largest absolute Gasteiger partial charge is 0.337 e. The molecule has 0 radical (unpaired) electrons. The van der Waals surface area contributed by atoms with Crippen molar-refractivity contribution in [2.45, 2.75) is 26.3 Å². The Morgan fingerprint density at radius 3 is 2.14 bits per heavy atom. The van der Waals surface area contributed by atoms with Crippen molar-refractivity contribution in [2.24, 2.45) is 5.10 Å². The van der Waals surface area contributed by atoms with Gasteiger partial charge in [-0.05, 0) is 31.2 Å². The zero-order valence-electron chi connectivity index (χ0n) is 8.73. The number of hydrogen-bond acceptors (Lipinski definition) is 4. The van der Waals surface area contributed by atoms with Gasteiger partial charge in [-0.15, -0.1) is 18.4 Å². The van der Waals surface area contributed by atoms with Gasteiger partial charge in [0, 0.05) is 5.54 Å². The molecule has 1 aliphatic heterocycles.